The zero-order chi connectivity index (χ0) is 20.9. The van der Waals surface area contributed by atoms with Gasteiger partial charge in [-0.25, -0.2) is 4.98 Å². The van der Waals surface area contributed by atoms with Gasteiger partial charge in [0.15, 0.2) is 17.7 Å². The largest absolute Gasteiger partial charge is 0.489 e. The number of fused-ring (bicyclic) bond motifs is 1. The summed E-state index contributed by atoms with van der Waals surface area (Å²) >= 11 is 0. The third-order valence-electron chi connectivity index (χ3n) is 5.32. The highest BCUT2D eigenvalue weighted by Crippen LogP contribution is 2.26. The lowest BCUT2D eigenvalue weighted by Crippen LogP contribution is -2.39. The molecule has 8 nitrogen and oxygen atoms in total. The minimum atomic E-state index is -0.0673. The Labute approximate surface area is 174 Å². The number of amides is 1. The van der Waals surface area contributed by atoms with Gasteiger partial charge in [0.1, 0.15) is 12.4 Å². The predicted octanol–water partition coefficient (Wildman–Crippen LogP) is 2.43. The lowest BCUT2D eigenvalue weighted by molar-refractivity contribution is -0.109. The first kappa shape index (κ1) is 19.8. The average Bonchev–Trinajstić information content (AvgIpc) is 3.26. The average molecular weight is 408 g/mol. The van der Waals surface area contributed by atoms with Crippen LogP contribution in [0.25, 0.3) is 5.65 Å². The van der Waals surface area contributed by atoms with Gasteiger partial charge in [-0.3, -0.25) is 9.59 Å². The molecule has 3 aromatic rings. The molecular weight excluding hydrogens is 384 g/mol. The quantitative estimate of drug-likeness (QED) is 0.476. The van der Waals surface area contributed by atoms with Crippen LogP contribution in [-0.4, -0.2) is 52.8 Å². The van der Waals surface area contributed by atoms with Crippen molar-refractivity contribution in [3.05, 3.63) is 54.5 Å². The molecule has 156 valence electrons. The van der Waals surface area contributed by atoms with Gasteiger partial charge < -0.3 is 24.5 Å². The number of nitrogens with zero attached hydrogens (tertiary/aromatic N) is 3. The van der Waals surface area contributed by atoms with Crippen molar-refractivity contribution in [1.82, 2.24) is 14.3 Å². The molecule has 1 saturated heterocycles. The normalized spacial score (nSPS) is 14.6. The Morgan fingerprint density at radius 3 is 2.77 bits per heavy atom. The number of nitrogens with two attached hydrogens (primary N) is 1. The Balaban J connectivity index is 1.31. The summed E-state index contributed by atoms with van der Waals surface area (Å²) in [4.78, 5) is 29.4. The van der Waals surface area contributed by atoms with Gasteiger partial charge in [-0.2, -0.15) is 0 Å². The van der Waals surface area contributed by atoms with Crippen LogP contribution >= 0.6 is 0 Å². The third kappa shape index (κ3) is 4.22. The fraction of sp³-hybridized carbons (Fsp3) is 0.318. The molecule has 2 aromatic heterocycles. The van der Waals surface area contributed by atoms with Crippen LogP contribution in [0.2, 0.25) is 0 Å². The molecule has 0 aliphatic carbocycles. The highest BCUT2D eigenvalue weighted by Gasteiger charge is 2.24. The zero-order valence-electron chi connectivity index (χ0n) is 16.6. The molecule has 0 saturated carbocycles. The lowest BCUT2D eigenvalue weighted by Gasteiger charge is -2.32. The maximum Gasteiger partial charge on any atom is 0.253 e. The molecule has 4 rings (SSSR count). The summed E-state index contributed by atoms with van der Waals surface area (Å²) < 4.78 is 13.2. The van der Waals surface area contributed by atoms with Crippen molar-refractivity contribution in [3.8, 4) is 11.5 Å². The van der Waals surface area contributed by atoms with E-state index in [2.05, 4.69) is 4.98 Å². The van der Waals surface area contributed by atoms with Crippen LogP contribution in [0.15, 0.2) is 48.9 Å². The van der Waals surface area contributed by atoms with E-state index in [4.69, 9.17) is 15.2 Å². The number of ether oxygens (including phenoxy) is 2. The fourth-order valence-corrected chi connectivity index (χ4v) is 3.66. The van der Waals surface area contributed by atoms with Crippen LogP contribution in [0.5, 0.6) is 11.5 Å². The van der Waals surface area contributed by atoms with Crippen molar-refractivity contribution >= 4 is 23.5 Å². The van der Waals surface area contributed by atoms with Crippen LogP contribution in [0.1, 0.15) is 23.2 Å². The topological polar surface area (TPSA) is 99.2 Å². The van der Waals surface area contributed by atoms with Crippen LogP contribution in [0.4, 0.5) is 5.69 Å². The number of pyridine rings is 1. The molecule has 30 heavy (non-hydrogen) atoms. The first-order chi connectivity index (χ1) is 14.7. The molecule has 0 unspecified atom stereocenters. The first-order valence-corrected chi connectivity index (χ1v) is 9.95. The second-order valence-electron chi connectivity index (χ2n) is 7.31. The first-order valence-electron chi connectivity index (χ1n) is 9.95. The molecule has 8 heteroatoms. The molecule has 0 spiro atoms. The summed E-state index contributed by atoms with van der Waals surface area (Å²) in [5.74, 6) is 1.51. The lowest BCUT2D eigenvalue weighted by atomic mass is 9.97. The number of hydrogen-bond donors (Lipinski definition) is 1. The number of benzene rings is 1. The SMILES string of the molecule is Nc1cc(C(=O)N2CCC(COc3cccn4ccnc34)CC2)ccc1OCC=O. The molecule has 2 N–H and O–H groups in total. The number of aldehydes is 1. The van der Waals surface area contributed by atoms with E-state index in [0.29, 0.717) is 48.9 Å². The van der Waals surface area contributed by atoms with Crippen molar-refractivity contribution in [3.63, 3.8) is 0 Å². The van der Waals surface area contributed by atoms with Gasteiger partial charge in [0.25, 0.3) is 5.91 Å². The summed E-state index contributed by atoms with van der Waals surface area (Å²) in [6.45, 7) is 1.87. The van der Waals surface area contributed by atoms with E-state index in [-0.39, 0.29) is 12.5 Å². The van der Waals surface area contributed by atoms with Gasteiger partial charge in [-0.15, -0.1) is 0 Å². The van der Waals surface area contributed by atoms with Crippen LogP contribution < -0.4 is 15.2 Å². The maximum atomic E-state index is 12.8. The molecule has 0 bridgehead atoms. The molecule has 0 radical (unpaired) electrons. The number of aromatic nitrogens is 2. The molecular formula is C22H24N4O4. The van der Waals surface area contributed by atoms with Crippen molar-refractivity contribution in [1.29, 1.82) is 0 Å². The zero-order valence-corrected chi connectivity index (χ0v) is 16.6. The Morgan fingerprint density at radius 2 is 2.00 bits per heavy atom. The summed E-state index contributed by atoms with van der Waals surface area (Å²) in [6, 6.07) is 8.77. The highest BCUT2D eigenvalue weighted by molar-refractivity contribution is 5.95. The van der Waals surface area contributed by atoms with Gasteiger partial charge in [0, 0.05) is 37.2 Å². The molecule has 1 aliphatic heterocycles. The van der Waals surface area contributed by atoms with E-state index in [1.807, 2.05) is 33.8 Å². The number of likely N-dealkylation sites (tertiary alicyclic amines) is 1. The van der Waals surface area contributed by atoms with E-state index in [1.54, 1.807) is 24.4 Å². The van der Waals surface area contributed by atoms with Gasteiger partial charge >= 0.3 is 0 Å². The number of anilines is 1. The Hall–Kier alpha value is -3.55. The summed E-state index contributed by atoms with van der Waals surface area (Å²) in [5, 5.41) is 0. The minimum absolute atomic E-state index is 0.0508. The number of carbonyl (C=O) groups excluding carboxylic acids is 2. The van der Waals surface area contributed by atoms with Crippen LogP contribution in [-0.2, 0) is 4.79 Å². The fourth-order valence-electron chi connectivity index (χ4n) is 3.66. The highest BCUT2D eigenvalue weighted by atomic mass is 16.5. The Bertz CT molecular complexity index is 1040. The van der Waals surface area contributed by atoms with E-state index in [0.717, 1.165) is 24.2 Å². The molecule has 0 atom stereocenters. The van der Waals surface area contributed by atoms with Crippen LogP contribution in [0.3, 0.4) is 0 Å². The van der Waals surface area contributed by atoms with Gasteiger partial charge in [-0.1, -0.05) is 0 Å². The van der Waals surface area contributed by atoms with Crippen molar-refractivity contribution < 1.29 is 19.1 Å². The van der Waals surface area contributed by atoms with E-state index in [1.165, 1.54) is 0 Å². The Morgan fingerprint density at radius 1 is 1.17 bits per heavy atom. The molecule has 1 amide bonds. The summed E-state index contributed by atoms with van der Waals surface area (Å²) in [5.41, 5.74) is 7.62. The van der Waals surface area contributed by atoms with Gasteiger partial charge in [0.05, 0.1) is 12.3 Å². The standard InChI is InChI=1S/C22H24N4O4/c23-18-14-17(3-4-19(18)29-13-12-27)22(28)26-9-5-16(6-10-26)15-30-20-2-1-8-25-11-7-24-21(20)25/h1-4,7-8,11-12,14,16H,5-6,9-10,13,15,23H2. The number of piperidine rings is 1. The van der Waals surface area contributed by atoms with E-state index in [9.17, 15) is 9.59 Å². The molecule has 1 aliphatic rings. The van der Waals surface area contributed by atoms with Crippen molar-refractivity contribution in [2.75, 3.05) is 32.0 Å². The monoisotopic (exact) mass is 408 g/mol. The minimum Gasteiger partial charge on any atom is -0.489 e. The number of carbonyl (C=O) groups is 2. The molecule has 3 heterocycles. The number of hydrogen-bond acceptors (Lipinski definition) is 6. The molecule has 1 aromatic carbocycles. The predicted molar refractivity (Wildman–Crippen MR) is 112 cm³/mol. The van der Waals surface area contributed by atoms with Gasteiger partial charge in [-0.05, 0) is 49.1 Å². The van der Waals surface area contributed by atoms with E-state index >= 15 is 0 Å². The molecule has 1 fully saturated rings. The Kier molecular flexibility index (Phi) is 5.83. The second-order valence-corrected chi connectivity index (χ2v) is 7.31. The smallest absolute Gasteiger partial charge is 0.253 e. The van der Waals surface area contributed by atoms with E-state index < -0.39 is 0 Å². The third-order valence-corrected chi connectivity index (χ3v) is 5.32. The number of rotatable bonds is 7. The van der Waals surface area contributed by atoms with Crippen LogP contribution in [0, 0.1) is 5.92 Å². The van der Waals surface area contributed by atoms with Crippen molar-refractivity contribution in [2.45, 2.75) is 12.8 Å². The number of nitrogen functional groups attached to an aromatic ring is 1. The number of imidazole rings is 1. The summed E-state index contributed by atoms with van der Waals surface area (Å²) in [7, 11) is 0. The van der Waals surface area contributed by atoms with Crippen molar-refractivity contribution in [2.24, 2.45) is 5.92 Å². The second kappa shape index (κ2) is 8.86. The van der Waals surface area contributed by atoms with Gasteiger partial charge in [0.2, 0.25) is 0 Å². The summed E-state index contributed by atoms with van der Waals surface area (Å²) in [6.07, 6.45) is 7.98. The maximum absolute atomic E-state index is 12.8.